The number of benzene rings is 2. The molecule has 0 fully saturated rings. The van der Waals surface area contributed by atoms with Crippen molar-refractivity contribution in [3.63, 3.8) is 0 Å². The third-order valence-corrected chi connectivity index (χ3v) is 3.98. The van der Waals surface area contributed by atoms with Crippen LogP contribution in [-0.4, -0.2) is 13.0 Å². The molecule has 0 aromatic heterocycles. The zero-order valence-electron chi connectivity index (χ0n) is 10.4. The van der Waals surface area contributed by atoms with Crippen LogP contribution in [0.1, 0.15) is 10.4 Å². The van der Waals surface area contributed by atoms with Gasteiger partial charge in [0.05, 0.1) is 21.4 Å². The van der Waals surface area contributed by atoms with Crippen molar-refractivity contribution in [2.75, 3.05) is 12.4 Å². The first-order chi connectivity index (χ1) is 9.51. The lowest BCUT2D eigenvalue weighted by atomic mass is 10.2. The zero-order valence-corrected chi connectivity index (χ0v) is 14.1. The van der Waals surface area contributed by atoms with Gasteiger partial charge in [0.15, 0.2) is 0 Å². The van der Waals surface area contributed by atoms with Gasteiger partial charge in [-0.25, -0.2) is 0 Å². The summed E-state index contributed by atoms with van der Waals surface area (Å²) < 4.78 is 6.02. The van der Waals surface area contributed by atoms with Crippen LogP contribution in [0.5, 0.6) is 5.75 Å². The molecule has 1 N–H and O–H groups in total. The summed E-state index contributed by atoms with van der Waals surface area (Å²) in [6, 6.07) is 10.1. The van der Waals surface area contributed by atoms with Gasteiger partial charge >= 0.3 is 0 Å². The Balaban J connectivity index is 2.21. The van der Waals surface area contributed by atoms with Gasteiger partial charge in [-0.1, -0.05) is 23.2 Å². The first-order valence-electron chi connectivity index (χ1n) is 5.61. The van der Waals surface area contributed by atoms with Crippen molar-refractivity contribution >= 4 is 57.4 Å². The molecule has 2 rings (SSSR count). The number of carbonyl (C=O) groups excluding carboxylic acids is 1. The van der Waals surface area contributed by atoms with E-state index in [1.807, 2.05) is 0 Å². The molecule has 104 valence electrons. The van der Waals surface area contributed by atoms with E-state index in [1.165, 1.54) is 0 Å². The van der Waals surface area contributed by atoms with Gasteiger partial charge in [-0.3, -0.25) is 4.79 Å². The normalized spacial score (nSPS) is 10.2. The lowest BCUT2D eigenvalue weighted by Gasteiger charge is -2.09. The Hall–Kier alpha value is -0.980. The van der Waals surface area contributed by atoms with Crippen molar-refractivity contribution in [2.45, 2.75) is 0 Å². The third kappa shape index (κ3) is 3.56. The molecule has 0 aliphatic heterocycles. The van der Waals surface area contributed by atoms with Crippen LogP contribution in [-0.2, 0) is 0 Å². The molecule has 3 nitrogen and oxygen atoms in total. The molecule has 6 heteroatoms. The number of halogens is 3. The van der Waals surface area contributed by atoms with Crippen LogP contribution in [0.3, 0.4) is 0 Å². The second-order valence-corrected chi connectivity index (χ2v) is 5.93. The zero-order chi connectivity index (χ0) is 14.7. The predicted octanol–water partition coefficient (Wildman–Crippen LogP) is 4.86. The van der Waals surface area contributed by atoms with Gasteiger partial charge in [-0.05, 0) is 59.0 Å². The van der Waals surface area contributed by atoms with Gasteiger partial charge in [-0.15, -0.1) is 0 Å². The van der Waals surface area contributed by atoms with Crippen LogP contribution in [0.4, 0.5) is 5.69 Å². The van der Waals surface area contributed by atoms with Gasteiger partial charge in [0.25, 0.3) is 5.91 Å². The van der Waals surface area contributed by atoms with E-state index in [0.29, 0.717) is 21.3 Å². The summed E-state index contributed by atoms with van der Waals surface area (Å²) in [5, 5.41) is 3.66. The number of carbonyl (C=O) groups is 1. The fourth-order valence-corrected chi connectivity index (χ4v) is 2.78. The Morgan fingerprint density at radius 1 is 1.20 bits per heavy atom. The molecular weight excluding hydrogens is 412 g/mol. The second kappa shape index (κ2) is 6.65. The molecule has 0 bridgehead atoms. The van der Waals surface area contributed by atoms with Crippen molar-refractivity contribution in [1.29, 1.82) is 0 Å². The average Bonchev–Trinajstić information content (AvgIpc) is 2.41. The number of nitrogens with one attached hydrogen (secondary N) is 1. The number of amides is 1. The van der Waals surface area contributed by atoms with Crippen molar-refractivity contribution in [3.05, 3.63) is 55.6 Å². The molecule has 0 unspecified atom stereocenters. The highest BCUT2D eigenvalue weighted by molar-refractivity contribution is 14.1. The van der Waals surface area contributed by atoms with Crippen LogP contribution in [0, 0.1) is 3.57 Å². The number of anilines is 1. The Morgan fingerprint density at radius 2 is 1.95 bits per heavy atom. The minimum Gasteiger partial charge on any atom is -0.496 e. The van der Waals surface area contributed by atoms with Gasteiger partial charge < -0.3 is 10.1 Å². The summed E-state index contributed by atoms with van der Waals surface area (Å²) in [7, 11) is 1.59. The number of rotatable bonds is 3. The lowest BCUT2D eigenvalue weighted by molar-refractivity contribution is 0.102. The second-order valence-electron chi connectivity index (χ2n) is 3.93. The molecule has 0 atom stereocenters. The highest BCUT2D eigenvalue weighted by atomic mass is 127. The third-order valence-electron chi connectivity index (χ3n) is 2.59. The van der Waals surface area contributed by atoms with Crippen LogP contribution in [0.2, 0.25) is 10.0 Å². The van der Waals surface area contributed by atoms with E-state index >= 15 is 0 Å². The highest BCUT2D eigenvalue weighted by Crippen LogP contribution is 2.27. The molecule has 20 heavy (non-hydrogen) atoms. The summed E-state index contributed by atoms with van der Waals surface area (Å²) in [4.78, 5) is 12.2. The maximum Gasteiger partial charge on any atom is 0.255 e. The molecule has 0 aliphatic rings. The maximum absolute atomic E-state index is 12.2. The van der Waals surface area contributed by atoms with Crippen molar-refractivity contribution in [2.24, 2.45) is 0 Å². The van der Waals surface area contributed by atoms with Gasteiger partial charge in [0.2, 0.25) is 0 Å². The van der Waals surface area contributed by atoms with E-state index in [0.717, 1.165) is 9.32 Å². The van der Waals surface area contributed by atoms with Crippen molar-refractivity contribution in [1.82, 2.24) is 0 Å². The Kier molecular flexibility index (Phi) is 5.12. The van der Waals surface area contributed by atoms with E-state index < -0.39 is 0 Å². The summed E-state index contributed by atoms with van der Waals surface area (Å²) in [5.74, 6) is 0.487. The SMILES string of the molecule is COc1ccc(C(=O)Nc2ccc(Cl)cc2Cl)cc1I. The minimum absolute atomic E-state index is 0.241. The Bertz CT molecular complexity index is 662. The molecule has 0 aliphatic carbocycles. The summed E-state index contributed by atoms with van der Waals surface area (Å²) in [6.45, 7) is 0. The molecule has 0 saturated heterocycles. The Morgan fingerprint density at radius 3 is 2.55 bits per heavy atom. The van der Waals surface area contributed by atoms with E-state index in [2.05, 4.69) is 27.9 Å². The topological polar surface area (TPSA) is 38.3 Å². The number of ether oxygens (including phenoxy) is 1. The summed E-state index contributed by atoms with van der Waals surface area (Å²) >= 11 is 13.9. The van der Waals surface area contributed by atoms with E-state index in [4.69, 9.17) is 27.9 Å². The number of hydrogen-bond donors (Lipinski definition) is 1. The minimum atomic E-state index is -0.241. The van der Waals surface area contributed by atoms with Crippen LogP contribution in [0.15, 0.2) is 36.4 Å². The molecule has 0 saturated carbocycles. The molecule has 0 heterocycles. The van der Waals surface area contributed by atoms with Crippen LogP contribution in [0.25, 0.3) is 0 Å². The lowest BCUT2D eigenvalue weighted by Crippen LogP contribution is -2.12. The fourth-order valence-electron chi connectivity index (χ4n) is 1.59. The van der Waals surface area contributed by atoms with Gasteiger partial charge in [-0.2, -0.15) is 0 Å². The molecule has 2 aromatic carbocycles. The maximum atomic E-state index is 12.2. The van der Waals surface area contributed by atoms with Gasteiger partial charge in [0.1, 0.15) is 5.75 Å². The molecule has 1 amide bonds. The standard InChI is InChI=1S/C14H10Cl2INO2/c1-20-13-5-2-8(6-11(13)17)14(19)18-12-4-3-9(15)7-10(12)16/h2-7H,1H3,(H,18,19). The van der Waals surface area contributed by atoms with Crippen molar-refractivity contribution in [3.8, 4) is 5.75 Å². The molecule has 2 aromatic rings. The number of methoxy groups -OCH3 is 1. The van der Waals surface area contributed by atoms with Crippen molar-refractivity contribution < 1.29 is 9.53 Å². The van der Waals surface area contributed by atoms with Crippen LogP contribution >= 0.6 is 45.8 Å². The first kappa shape index (κ1) is 15.4. The average molecular weight is 422 g/mol. The van der Waals surface area contributed by atoms with E-state index in [9.17, 15) is 4.79 Å². The first-order valence-corrected chi connectivity index (χ1v) is 7.44. The summed E-state index contributed by atoms with van der Waals surface area (Å²) in [6.07, 6.45) is 0. The number of hydrogen-bond acceptors (Lipinski definition) is 2. The van der Waals surface area contributed by atoms with Gasteiger partial charge in [0, 0.05) is 10.6 Å². The quantitative estimate of drug-likeness (QED) is 0.718. The Labute approximate surface area is 140 Å². The molecular formula is C14H10Cl2INO2. The van der Waals surface area contributed by atoms with Crippen LogP contribution < -0.4 is 10.1 Å². The molecule has 0 spiro atoms. The molecule has 0 radical (unpaired) electrons. The predicted molar refractivity (Wildman–Crippen MR) is 90.1 cm³/mol. The smallest absolute Gasteiger partial charge is 0.255 e. The summed E-state index contributed by atoms with van der Waals surface area (Å²) in [5.41, 5.74) is 1.05. The highest BCUT2D eigenvalue weighted by Gasteiger charge is 2.11. The fraction of sp³-hybridized carbons (Fsp3) is 0.0714. The van der Waals surface area contributed by atoms with E-state index in [-0.39, 0.29) is 5.91 Å². The monoisotopic (exact) mass is 421 g/mol. The largest absolute Gasteiger partial charge is 0.496 e. The van der Waals surface area contributed by atoms with E-state index in [1.54, 1.807) is 43.5 Å².